The van der Waals surface area contributed by atoms with Crippen molar-refractivity contribution in [3.63, 3.8) is 0 Å². The van der Waals surface area contributed by atoms with E-state index in [1.54, 1.807) is 38.2 Å². The molecule has 1 unspecified atom stereocenters. The Labute approximate surface area is 153 Å². The summed E-state index contributed by atoms with van der Waals surface area (Å²) in [4.78, 5) is 17.8. The Morgan fingerprint density at radius 2 is 2.07 bits per heavy atom. The third-order valence-corrected chi connectivity index (χ3v) is 4.36. The van der Waals surface area contributed by atoms with Gasteiger partial charge in [0.2, 0.25) is 5.91 Å². The number of rotatable bonds is 5. The van der Waals surface area contributed by atoms with Gasteiger partial charge in [-0.1, -0.05) is 0 Å². The van der Waals surface area contributed by atoms with Crippen LogP contribution >= 0.6 is 0 Å². The Morgan fingerprint density at radius 3 is 2.67 bits per heavy atom. The minimum atomic E-state index is -4.56. The van der Waals surface area contributed by atoms with Gasteiger partial charge in [-0.05, 0) is 33.2 Å². The molecular formula is C18H19F3N4O2. The first-order valence-electron chi connectivity index (χ1n) is 8.22. The summed E-state index contributed by atoms with van der Waals surface area (Å²) in [6, 6.07) is 2.27. The Balaban J connectivity index is 1.95. The largest absolute Gasteiger partial charge is 0.472 e. The zero-order valence-corrected chi connectivity index (χ0v) is 15.0. The molecule has 0 saturated carbocycles. The number of imidazole rings is 1. The molecule has 1 N–H and O–H groups in total. The Bertz CT molecular complexity index is 946. The van der Waals surface area contributed by atoms with E-state index in [0.717, 1.165) is 6.07 Å². The number of aromatic nitrogens is 2. The number of nitrogens with zero attached hydrogens (tertiary/aromatic N) is 3. The Morgan fingerprint density at radius 1 is 1.33 bits per heavy atom. The van der Waals surface area contributed by atoms with Gasteiger partial charge < -0.3 is 14.1 Å². The maximum absolute atomic E-state index is 13.5. The zero-order valence-electron chi connectivity index (χ0n) is 15.0. The molecule has 0 aromatic carbocycles. The van der Waals surface area contributed by atoms with Gasteiger partial charge in [0.05, 0.1) is 36.4 Å². The lowest BCUT2D eigenvalue weighted by Gasteiger charge is -2.18. The van der Waals surface area contributed by atoms with Gasteiger partial charge in [0, 0.05) is 23.5 Å². The highest BCUT2D eigenvalue weighted by Crippen LogP contribution is 2.35. The number of fused-ring (bicyclic) bond motifs is 1. The monoisotopic (exact) mass is 380 g/mol. The summed E-state index contributed by atoms with van der Waals surface area (Å²) >= 11 is 0. The molecule has 27 heavy (non-hydrogen) atoms. The van der Waals surface area contributed by atoms with Crippen LogP contribution in [0.2, 0.25) is 0 Å². The van der Waals surface area contributed by atoms with Gasteiger partial charge in [-0.3, -0.25) is 9.69 Å². The van der Waals surface area contributed by atoms with Crippen LogP contribution in [0.25, 0.3) is 16.8 Å². The first kappa shape index (κ1) is 19.0. The van der Waals surface area contributed by atoms with Crippen molar-refractivity contribution in [1.29, 1.82) is 0 Å². The van der Waals surface area contributed by atoms with Gasteiger partial charge in [-0.25, -0.2) is 4.98 Å². The van der Waals surface area contributed by atoms with Gasteiger partial charge in [0.1, 0.15) is 5.65 Å². The fourth-order valence-corrected chi connectivity index (χ4v) is 2.59. The Hall–Kier alpha value is -2.81. The van der Waals surface area contributed by atoms with Crippen LogP contribution in [0.1, 0.15) is 18.2 Å². The molecule has 0 aliphatic carbocycles. The van der Waals surface area contributed by atoms with Gasteiger partial charge in [-0.15, -0.1) is 0 Å². The number of amides is 1. The van der Waals surface area contributed by atoms with Crippen LogP contribution in [0.4, 0.5) is 13.2 Å². The van der Waals surface area contributed by atoms with Crippen LogP contribution in [-0.4, -0.2) is 40.3 Å². The highest BCUT2D eigenvalue weighted by molar-refractivity contribution is 5.81. The van der Waals surface area contributed by atoms with Crippen molar-refractivity contribution in [2.75, 3.05) is 14.1 Å². The third kappa shape index (κ3) is 3.97. The van der Waals surface area contributed by atoms with Crippen molar-refractivity contribution < 1.29 is 22.4 Å². The minimum absolute atomic E-state index is 0.0387. The highest BCUT2D eigenvalue weighted by Gasteiger charge is 2.35. The maximum atomic E-state index is 13.5. The number of nitrogens with one attached hydrogen (secondary N) is 1. The average molecular weight is 380 g/mol. The number of carbonyl (C=O) groups excluding carboxylic acids is 1. The summed E-state index contributed by atoms with van der Waals surface area (Å²) in [5.41, 5.74) is 0.174. The van der Waals surface area contributed by atoms with E-state index in [-0.39, 0.29) is 24.1 Å². The summed E-state index contributed by atoms with van der Waals surface area (Å²) in [5, 5.41) is 2.69. The molecule has 1 atom stereocenters. The SMILES string of the molecule is CC(C(=O)NCc1cn2cc(-c3ccoc3)cc(C(F)(F)F)c2n1)N(C)C. The summed E-state index contributed by atoms with van der Waals surface area (Å²) in [5.74, 6) is -0.229. The van der Waals surface area contributed by atoms with Gasteiger partial charge in [0.25, 0.3) is 0 Å². The number of carbonyl (C=O) groups is 1. The zero-order chi connectivity index (χ0) is 19.8. The molecule has 0 fully saturated rings. The lowest BCUT2D eigenvalue weighted by atomic mass is 10.1. The third-order valence-electron chi connectivity index (χ3n) is 4.36. The summed E-state index contributed by atoms with van der Waals surface area (Å²) < 4.78 is 46.8. The van der Waals surface area contributed by atoms with Gasteiger partial charge in [0.15, 0.2) is 0 Å². The summed E-state index contributed by atoms with van der Waals surface area (Å²) in [6.45, 7) is 1.77. The first-order chi connectivity index (χ1) is 12.7. The van der Waals surface area contributed by atoms with E-state index < -0.39 is 11.7 Å². The molecule has 144 valence electrons. The molecule has 1 amide bonds. The van der Waals surface area contributed by atoms with Crippen LogP contribution in [0.5, 0.6) is 0 Å². The van der Waals surface area contributed by atoms with E-state index in [1.165, 1.54) is 23.1 Å². The smallest absolute Gasteiger partial charge is 0.420 e. The number of hydrogen-bond acceptors (Lipinski definition) is 4. The van der Waals surface area contributed by atoms with E-state index in [0.29, 0.717) is 16.8 Å². The summed E-state index contributed by atoms with van der Waals surface area (Å²) in [7, 11) is 3.53. The molecule has 0 spiro atoms. The standard InChI is InChI=1S/C18H19F3N4O2/c1-11(24(2)3)17(26)22-7-14-9-25-8-13(12-4-5-27-10-12)6-15(16(25)23-14)18(19,20)21/h4-6,8-11H,7H2,1-3H3,(H,22,26). The first-order valence-corrected chi connectivity index (χ1v) is 8.22. The van der Waals surface area contributed by atoms with E-state index in [2.05, 4.69) is 10.3 Å². The molecule has 0 aliphatic rings. The van der Waals surface area contributed by atoms with Crippen LogP contribution in [-0.2, 0) is 17.5 Å². The topological polar surface area (TPSA) is 62.8 Å². The van der Waals surface area contributed by atoms with Crippen molar-refractivity contribution in [1.82, 2.24) is 19.6 Å². The molecule has 0 aliphatic heterocycles. The van der Waals surface area contributed by atoms with Crippen molar-refractivity contribution in [2.45, 2.75) is 25.7 Å². The number of furan rings is 1. The quantitative estimate of drug-likeness (QED) is 0.739. The number of alkyl halides is 3. The number of hydrogen-bond donors (Lipinski definition) is 1. The number of halogens is 3. The normalized spacial score (nSPS) is 13.3. The molecule has 9 heteroatoms. The number of likely N-dealkylation sites (N-methyl/N-ethyl adjacent to an activating group) is 1. The fraction of sp³-hybridized carbons (Fsp3) is 0.333. The number of pyridine rings is 1. The van der Waals surface area contributed by atoms with Gasteiger partial charge >= 0.3 is 6.18 Å². The molecule has 3 aromatic rings. The van der Waals surface area contributed by atoms with Crippen molar-refractivity contribution in [3.05, 3.63) is 48.3 Å². The molecule has 0 saturated heterocycles. The van der Waals surface area contributed by atoms with E-state index in [4.69, 9.17) is 4.42 Å². The van der Waals surface area contributed by atoms with E-state index in [1.807, 2.05) is 0 Å². The summed E-state index contributed by atoms with van der Waals surface area (Å²) in [6.07, 6.45) is 1.24. The molecule has 6 nitrogen and oxygen atoms in total. The van der Waals surface area contributed by atoms with Gasteiger partial charge in [-0.2, -0.15) is 13.2 Å². The second-order valence-corrected chi connectivity index (χ2v) is 6.47. The predicted molar refractivity (Wildman–Crippen MR) is 92.9 cm³/mol. The van der Waals surface area contributed by atoms with Crippen LogP contribution in [0.3, 0.4) is 0 Å². The molecular weight excluding hydrogens is 361 g/mol. The molecule has 3 rings (SSSR count). The minimum Gasteiger partial charge on any atom is -0.472 e. The highest BCUT2D eigenvalue weighted by atomic mass is 19.4. The molecule has 3 aromatic heterocycles. The lowest BCUT2D eigenvalue weighted by molar-refractivity contribution is -0.136. The molecule has 0 bridgehead atoms. The van der Waals surface area contributed by atoms with E-state index >= 15 is 0 Å². The molecule has 3 heterocycles. The van der Waals surface area contributed by atoms with Crippen molar-refractivity contribution in [3.8, 4) is 11.1 Å². The maximum Gasteiger partial charge on any atom is 0.420 e. The van der Waals surface area contributed by atoms with Crippen molar-refractivity contribution in [2.24, 2.45) is 0 Å². The fourth-order valence-electron chi connectivity index (χ4n) is 2.59. The van der Waals surface area contributed by atoms with Crippen molar-refractivity contribution >= 4 is 11.6 Å². The second kappa shape index (κ2) is 7.07. The average Bonchev–Trinajstić information content (AvgIpc) is 3.25. The molecule has 0 radical (unpaired) electrons. The van der Waals surface area contributed by atoms with Crippen LogP contribution in [0.15, 0.2) is 41.5 Å². The Kier molecular flexibility index (Phi) is 4.97. The predicted octanol–water partition coefficient (Wildman–Crippen LogP) is 3.18. The second-order valence-electron chi connectivity index (χ2n) is 6.47. The van der Waals surface area contributed by atoms with Crippen LogP contribution < -0.4 is 5.32 Å². The lowest BCUT2D eigenvalue weighted by Crippen LogP contribution is -2.41. The van der Waals surface area contributed by atoms with E-state index in [9.17, 15) is 18.0 Å². The van der Waals surface area contributed by atoms with Crippen LogP contribution in [0, 0.1) is 0 Å².